The molecule has 1 N–H and O–H groups in total. The van der Waals surface area contributed by atoms with E-state index in [0.717, 1.165) is 16.1 Å². The van der Waals surface area contributed by atoms with Crippen molar-refractivity contribution >= 4 is 34.1 Å². The van der Waals surface area contributed by atoms with Crippen LogP contribution >= 0.6 is 23.1 Å². The number of methoxy groups -OCH3 is 1. The smallest absolute Gasteiger partial charge is 0.236 e. The van der Waals surface area contributed by atoms with Crippen LogP contribution in [0.25, 0.3) is 11.3 Å². The zero-order valence-electron chi connectivity index (χ0n) is 18.4. The van der Waals surface area contributed by atoms with Crippen LogP contribution in [-0.2, 0) is 18.4 Å². The fourth-order valence-electron chi connectivity index (χ4n) is 3.08. The Hall–Kier alpha value is -3.37. The average molecular weight is 482 g/mol. The Morgan fingerprint density at radius 2 is 1.82 bits per heavy atom. The third-order valence-corrected chi connectivity index (χ3v) is 6.68. The number of nitrogens with one attached hydrogen (secondary N) is 1. The highest BCUT2D eigenvalue weighted by Gasteiger charge is 2.15. The standard InChI is InChI=1S/C23H23N5O3S2/c1-15-21(16-9-5-4-6-10-16)25-22(33-15)24-20(29)14-32-23-27-26-19(28(23)2)13-31-18-12-8-7-11-17(18)30-3/h4-12H,13-14H2,1-3H3,(H,24,25,29). The van der Waals surface area contributed by atoms with Gasteiger partial charge >= 0.3 is 0 Å². The van der Waals surface area contributed by atoms with Gasteiger partial charge in [-0.15, -0.1) is 21.5 Å². The molecule has 0 fully saturated rings. The normalized spacial score (nSPS) is 10.8. The summed E-state index contributed by atoms with van der Waals surface area (Å²) in [5.41, 5.74) is 1.92. The largest absolute Gasteiger partial charge is 0.493 e. The fraction of sp³-hybridized carbons (Fsp3) is 0.217. The number of anilines is 1. The van der Waals surface area contributed by atoms with E-state index in [9.17, 15) is 4.79 Å². The van der Waals surface area contributed by atoms with Gasteiger partial charge in [0.25, 0.3) is 0 Å². The number of benzene rings is 2. The molecule has 2 heterocycles. The van der Waals surface area contributed by atoms with Gasteiger partial charge in [-0.1, -0.05) is 54.2 Å². The molecule has 0 aliphatic heterocycles. The number of amides is 1. The van der Waals surface area contributed by atoms with Crippen molar-refractivity contribution in [2.24, 2.45) is 7.05 Å². The number of thiazole rings is 1. The Labute approximate surface area is 200 Å². The zero-order chi connectivity index (χ0) is 23.2. The summed E-state index contributed by atoms with van der Waals surface area (Å²) in [5, 5.41) is 12.5. The number of rotatable bonds is 9. The van der Waals surface area contributed by atoms with E-state index >= 15 is 0 Å². The van der Waals surface area contributed by atoms with Gasteiger partial charge in [-0.25, -0.2) is 4.98 Å². The molecule has 2 aromatic heterocycles. The summed E-state index contributed by atoms with van der Waals surface area (Å²) in [5.74, 6) is 1.97. The van der Waals surface area contributed by atoms with Crippen LogP contribution in [-0.4, -0.2) is 38.5 Å². The van der Waals surface area contributed by atoms with Crippen LogP contribution < -0.4 is 14.8 Å². The maximum atomic E-state index is 12.5. The Balaban J connectivity index is 1.32. The van der Waals surface area contributed by atoms with Crippen LogP contribution in [0.5, 0.6) is 11.5 Å². The number of hydrogen-bond donors (Lipinski definition) is 1. The molecule has 0 bridgehead atoms. The maximum Gasteiger partial charge on any atom is 0.236 e. The highest BCUT2D eigenvalue weighted by molar-refractivity contribution is 7.99. The van der Waals surface area contributed by atoms with Gasteiger partial charge in [0.05, 0.1) is 18.6 Å². The molecular formula is C23H23N5O3S2. The first-order valence-electron chi connectivity index (χ1n) is 10.1. The second kappa shape index (κ2) is 10.5. The molecule has 33 heavy (non-hydrogen) atoms. The first kappa shape index (κ1) is 22.8. The predicted molar refractivity (Wildman–Crippen MR) is 130 cm³/mol. The molecule has 8 nitrogen and oxygen atoms in total. The van der Waals surface area contributed by atoms with Gasteiger partial charge in [-0.05, 0) is 19.1 Å². The molecule has 10 heteroatoms. The molecule has 2 aromatic carbocycles. The summed E-state index contributed by atoms with van der Waals surface area (Å²) >= 11 is 2.77. The van der Waals surface area contributed by atoms with E-state index in [0.29, 0.717) is 27.6 Å². The number of aromatic nitrogens is 4. The number of carbonyl (C=O) groups excluding carboxylic acids is 1. The molecule has 0 saturated heterocycles. The van der Waals surface area contributed by atoms with Gasteiger partial charge < -0.3 is 19.4 Å². The summed E-state index contributed by atoms with van der Waals surface area (Å²) in [6, 6.07) is 17.3. The van der Waals surface area contributed by atoms with Crippen molar-refractivity contribution in [3.8, 4) is 22.8 Å². The van der Waals surface area contributed by atoms with Crippen molar-refractivity contribution in [2.75, 3.05) is 18.2 Å². The van der Waals surface area contributed by atoms with Crippen LogP contribution in [0, 0.1) is 6.92 Å². The molecular weight excluding hydrogens is 458 g/mol. The predicted octanol–water partition coefficient (Wildman–Crippen LogP) is 4.57. The molecule has 0 atom stereocenters. The zero-order valence-corrected chi connectivity index (χ0v) is 20.1. The van der Waals surface area contributed by atoms with E-state index in [-0.39, 0.29) is 18.3 Å². The highest BCUT2D eigenvalue weighted by atomic mass is 32.2. The number of nitrogens with zero attached hydrogens (tertiary/aromatic N) is 4. The van der Waals surface area contributed by atoms with Gasteiger partial charge in [0.15, 0.2) is 27.6 Å². The van der Waals surface area contributed by atoms with Gasteiger partial charge in [-0.3, -0.25) is 4.79 Å². The first-order chi connectivity index (χ1) is 16.0. The first-order valence-corrected chi connectivity index (χ1v) is 11.9. The minimum Gasteiger partial charge on any atom is -0.493 e. The average Bonchev–Trinajstić information content (AvgIpc) is 3.38. The van der Waals surface area contributed by atoms with E-state index in [1.54, 1.807) is 7.11 Å². The number of thioether (sulfide) groups is 1. The third-order valence-electron chi connectivity index (χ3n) is 4.77. The second-order valence-corrected chi connectivity index (χ2v) is 9.17. The van der Waals surface area contributed by atoms with Crippen LogP contribution in [0.15, 0.2) is 59.8 Å². The third kappa shape index (κ3) is 5.52. The summed E-state index contributed by atoms with van der Waals surface area (Å²) < 4.78 is 12.9. The lowest BCUT2D eigenvalue weighted by Crippen LogP contribution is -2.14. The van der Waals surface area contributed by atoms with Crippen LogP contribution in [0.3, 0.4) is 0 Å². The van der Waals surface area contributed by atoms with Crippen LogP contribution in [0.2, 0.25) is 0 Å². The summed E-state index contributed by atoms with van der Waals surface area (Å²) in [7, 11) is 3.44. The van der Waals surface area contributed by atoms with Gasteiger partial charge in [0.1, 0.15) is 6.61 Å². The number of aryl methyl sites for hydroxylation is 1. The van der Waals surface area contributed by atoms with E-state index in [1.807, 2.05) is 73.1 Å². The fourth-order valence-corrected chi connectivity index (χ4v) is 4.66. The van der Waals surface area contributed by atoms with Crippen molar-refractivity contribution in [3.63, 3.8) is 0 Å². The van der Waals surface area contributed by atoms with Crippen LogP contribution in [0.4, 0.5) is 5.13 Å². The Morgan fingerprint density at radius 1 is 1.09 bits per heavy atom. The van der Waals surface area contributed by atoms with Crippen molar-refractivity contribution in [1.82, 2.24) is 19.7 Å². The SMILES string of the molecule is COc1ccccc1OCc1nnc(SCC(=O)Nc2nc(-c3ccccc3)c(C)s2)n1C. The lowest BCUT2D eigenvalue weighted by molar-refractivity contribution is -0.113. The number of ether oxygens (including phenoxy) is 2. The number of para-hydroxylation sites is 2. The van der Waals surface area contributed by atoms with Gasteiger partial charge in [0.2, 0.25) is 5.91 Å². The quantitative estimate of drug-likeness (QED) is 0.350. The maximum absolute atomic E-state index is 12.5. The molecule has 0 unspecified atom stereocenters. The van der Waals surface area contributed by atoms with E-state index < -0.39 is 0 Å². The molecule has 170 valence electrons. The lowest BCUT2D eigenvalue weighted by Gasteiger charge is -2.10. The van der Waals surface area contributed by atoms with E-state index in [4.69, 9.17) is 9.47 Å². The summed E-state index contributed by atoms with van der Waals surface area (Å²) in [6.45, 7) is 2.23. The van der Waals surface area contributed by atoms with Crippen molar-refractivity contribution in [2.45, 2.75) is 18.7 Å². The van der Waals surface area contributed by atoms with Crippen molar-refractivity contribution < 1.29 is 14.3 Å². The minimum absolute atomic E-state index is 0.150. The van der Waals surface area contributed by atoms with E-state index in [2.05, 4.69) is 20.5 Å². The molecule has 0 radical (unpaired) electrons. The lowest BCUT2D eigenvalue weighted by atomic mass is 10.1. The van der Waals surface area contributed by atoms with E-state index in [1.165, 1.54) is 23.1 Å². The molecule has 4 rings (SSSR count). The Morgan fingerprint density at radius 3 is 2.58 bits per heavy atom. The highest BCUT2D eigenvalue weighted by Crippen LogP contribution is 2.30. The number of hydrogen-bond acceptors (Lipinski definition) is 8. The number of carbonyl (C=O) groups is 1. The van der Waals surface area contributed by atoms with Gasteiger partial charge in [-0.2, -0.15) is 0 Å². The summed E-state index contributed by atoms with van der Waals surface area (Å²) in [4.78, 5) is 18.1. The van der Waals surface area contributed by atoms with Crippen LogP contribution in [0.1, 0.15) is 10.7 Å². The molecule has 1 amide bonds. The monoisotopic (exact) mass is 481 g/mol. The molecule has 0 aliphatic rings. The minimum atomic E-state index is -0.150. The Bertz CT molecular complexity index is 1240. The summed E-state index contributed by atoms with van der Waals surface area (Å²) in [6.07, 6.45) is 0. The topological polar surface area (TPSA) is 91.2 Å². The molecule has 0 aliphatic carbocycles. The Kier molecular flexibility index (Phi) is 7.26. The molecule has 4 aromatic rings. The molecule has 0 saturated carbocycles. The van der Waals surface area contributed by atoms with Crippen molar-refractivity contribution in [1.29, 1.82) is 0 Å². The van der Waals surface area contributed by atoms with Gasteiger partial charge in [0, 0.05) is 17.5 Å². The second-order valence-electron chi connectivity index (χ2n) is 7.02. The van der Waals surface area contributed by atoms with Crippen molar-refractivity contribution in [3.05, 3.63) is 65.3 Å². The molecule has 0 spiro atoms.